The molecule has 0 bridgehead atoms. The molecule has 2 heterocycles. The molecule has 1 fully saturated rings. The van der Waals surface area contributed by atoms with Crippen molar-refractivity contribution in [3.05, 3.63) is 102 Å². The van der Waals surface area contributed by atoms with Crippen LogP contribution in [0.1, 0.15) is 21.7 Å². The zero-order valence-electron chi connectivity index (χ0n) is 17.2. The number of carbonyl (C=O) groups excluding carboxylic acids is 2. The van der Waals surface area contributed by atoms with Gasteiger partial charge in [-0.2, -0.15) is 0 Å². The van der Waals surface area contributed by atoms with E-state index >= 15 is 0 Å². The molecule has 31 heavy (non-hydrogen) atoms. The zero-order valence-corrected chi connectivity index (χ0v) is 17.2. The fourth-order valence-corrected chi connectivity index (χ4v) is 3.57. The average molecular weight is 415 g/mol. The first-order chi connectivity index (χ1) is 15.2. The minimum absolute atomic E-state index is 0.208. The minimum Gasteiger partial charge on any atom is -0.465 e. The third kappa shape index (κ3) is 5.49. The minimum atomic E-state index is -0.325. The van der Waals surface area contributed by atoms with Gasteiger partial charge in [-0.25, -0.2) is 0 Å². The summed E-state index contributed by atoms with van der Waals surface area (Å²) in [6.07, 6.45) is 3.12. The maximum Gasteiger partial charge on any atom is 0.270 e. The van der Waals surface area contributed by atoms with E-state index in [0.717, 1.165) is 19.6 Å². The lowest BCUT2D eigenvalue weighted by atomic mass is 10.2. The molecule has 3 aromatic rings. The van der Waals surface area contributed by atoms with Crippen LogP contribution in [0.2, 0.25) is 0 Å². The van der Waals surface area contributed by atoms with Crippen LogP contribution in [0, 0.1) is 0 Å². The fraction of sp³-hybridized carbons (Fsp3) is 0.200. The van der Waals surface area contributed by atoms with Gasteiger partial charge in [0.1, 0.15) is 11.5 Å². The van der Waals surface area contributed by atoms with E-state index in [0.29, 0.717) is 24.4 Å². The number of carbonyl (C=O) groups is 2. The molecule has 158 valence electrons. The smallest absolute Gasteiger partial charge is 0.270 e. The highest BCUT2D eigenvalue weighted by atomic mass is 16.3. The van der Waals surface area contributed by atoms with Crippen LogP contribution >= 0.6 is 0 Å². The standard InChI is InChI=1S/C25H25N3O3/c29-24(21-10-5-2-6-11-21)26-23(18-22-12-7-17-31-22)25(30)28-15-13-27(14-16-28)19-20-8-3-1-4-9-20/h1-12,17-18H,13-16,19H2,(H,26,29). The summed E-state index contributed by atoms with van der Waals surface area (Å²) in [5, 5.41) is 2.78. The lowest BCUT2D eigenvalue weighted by Gasteiger charge is -2.35. The van der Waals surface area contributed by atoms with E-state index in [1.165, 1.54) is 11.8 Å². The molecule has 0 aliphatic carbocycles. The Morgan fingerprint density at radius 3 is 2.19 bits per heavy atom. The van der Waals surface area contributed by atoms with Gasteiger partial charge in [0.25, 0.3) is 11.8 Å². The van der Waals surface area contributed by atoms with Crippen molar-refractivity contribution < 1.29 is 14.0 Å². The van der Waals surface area contributed by atoms with E-state index in [-0.39, 0.29) is 17.5 Å². The van der Waals surface area contributed by atoms with Crippen LogP contribution in [-0.4, -0.2) is 47.8 Å². The van der Waals surface area contributed by atoms with Gasteiger partial charge < -0.3 is 14.6 Å². The highest BCUT2D eigenvalue weighted by Gasteiger charge is 2.25. The molecule has 6 nitrogen and oxygen atoms in total. The predicted molar refractivity (Wildman–Crippen MR) is 119 cm³/mol. The lowest BCUT2D eigenvalue weighted by Crippen LogP contribution is -2.50. The van der Waals surface area contributed by atoms with Crippen molar-refractivity contribution in [1.29, 1.82) is 0 Å². The Morgan fingerprint density at radius 1 is 0.871 bits per heavy atom. The summed E-state index contributed by atoms with van der Waals surface area (Å²) in [5.41, 5.74) is 1.96. The molecule has 0 atom stereocenters. The molecule has 1 aliphatic rings. The van der Waals surface area contributed by atoms with Gasteiger partial charge in [-0.3, -0.25) is 14.5 Å². The van der Waals surface area contributed by atoms with Crippen molar-refractivity contribution in [2.24, 2.45) is 0 Å². The van der Waals surface area contributed by atoms with Gasteiger partial charge in [-0.15, -0.1) is 0 Å². The lowest BCUT2D eigenvalue weighted by molar-refractivity contribution is -0.129. The molecule has 1 saturated heterocycles. The average Bonchev–Trinajstić information content (AvgIpc) is 3.33. The second-order valence-electron chi connectivity index (χ2n) is 7.45. The fourth-order valence-electron chi connectivity index (χ4n) is 3.57. The van der Waals surface area contributed by atoms with E-state index in [2.05, 4.69) is 22.3 Å². The number of hydrogen-bond donors (Lipinski definition) is 1. The Hall–Kier alpha value is -3.64. The molecule has 1 aromatic heterocycles. The third-order valence-electron chi connectivity index (χ3n) is 5.25. The van der Waals surface area contributed by atoms with Crippen molar-refractivity contribution in [2.45, 2.75) is 6.54 Å². The summed E-state index contributed by atoms with van der Waals surface area (Å²) in [6.45, 7) is 3.62. The van der Waals surface area contributed by atoms with E-state index in [1.54, 1.807) is 47.4 Å². The van der Waals surface area contributed by atoms with Crippen molar-refractivity contribution in [2.75, 3.05) is 26.2 Å². The summed E-state index contributed by atoms with van der Waals surface area (Å²) < 4.78 is 5.37. The summed E-state index contributed by atoms with van der Waals surface area (Å²) in [5.74, 6) is -0.0195. The Bertz CT molecular complexity index is 1020. The van der Waals surface area contributed by atoms with E-state index in [4.69, 9.17) is 4.42 Å². The van der Waals surface area contributed by atoms with E-state index in [1.807, 2.05) is 24.3 Å². The van der Waals surface area contributed by atoms with Crippen LogP contribution < -0.4 is 5.32 Å². The zero-order chi connectivity index (χ0) is 21.5. The first kappa shape index (κ1) is 20.6. The van der Waals surface area contributed by atoms with Crippen LogP contribution in [0.5, 0.6) is 0 Å². The Labute approximate surface area is 181 Å². The second kappa shape index (κ2) is 9.91. The second-order valence-corrected chi connectivity index (χ2v) is 7.45. The van der Waals surface area contributed by atoms with Crippen molar-refractivity contribution in [1.82, 2.24) is 15.1 Å². The number of hydrogen-bond acceptors (Lipinski definition) is 4. The summed E-state index contributed by atoms with van der Waals surface area (Å²) in [7, 11) is 0. The Morgan fingerprint density at radius 2 is 1.55 bits per heavy atom. The molecule has 4 rings (SSSR count). The number of nitrogens with one attached hydrogen (secondary N) is 1. The van der Waals surface area contributed by atoms with E-state index in [9.17, 15) is 9.59 Å². The van der Waals surface area contributed by atoms with Gasteiger partial charge in [0.2, 0.25) is 0 Å². The topological polar surface area (TPSA) is 65.8 Å². The Balaban J connectivity index is 1.43. The Kier molecular flexibility index (Phi) is 6.59. The van der Waals surface area contributed by atoms with E-state index < -0.39 is 0 Å². The monoisotopic (exact) mass is 415 g/mol. The summed E-state index contributed by atoms with van der Waals surface area (Å²) >= 11 is 0. The third-order valence-corrected chi connectivity index (χ3v) is 5.25. The SMILES string of the molecule is O=C(NC(=Cc1ccco1)C(=O)N1CCN(Cc2ccccc2)CC1)c1ccccc1. The molecule has 1 aliphatic heterocycles. The van der Waals surface area contributed by atoms with Gasteiger partial charge in [0.15, 0.2) is 0 Å². The van der Waals surface area contributed by atoms with Gasteiger partial charge in [-0.1, -0.05) is 48.5 Å². The largest absolute Gasteiger partial charge is 0.465 e. The summed E-state index contributed by atoms with van der Waals surface area (Å²) in [6, 6.07) is 22.7. The highest BCUT2D eigenvalue weighted by Crippen LogP contribution is 2.13. The van der Waals surface area contributed by atoms with Gasteiger partial charge in [0.05, 0.1) is 6.26 Å². The van der Waals surface area contributed by atoms with Crippen molar-refractivity contribution in [3.8, 4) is 0 Å². The van der Waals surface area contributed by atoms with Gasteiger partial charge in [-0.05, 0) is 29.8 Å². The molecule has 0 saturated carbocycles. The van der Waals surface area contributed by atoms with Crippen LogP contribution in [0.4, 0.5) is 0 Å². The molecule has 1 N–H and O–H groups in total. The van der Waals surface area contributed by atoms with Crippen LogP contribution in [-0.2, 0) is 11.3 Å². The molecule has 6 heteroatoms. The number of nitrogens with zero attached hydrogens (tertiary/aromatic N) is 2. The molecule has 2 amide bonds. The molecule has 0 unspecified atom stereocenters. The molecule has 0 spiro atoms. The maximum absolute atomic E-state index is 13.2. The molecular weight excluding hydrogens is 390 g/mol. The quantitative estimate of drug-likeness (QED) is 0.627. The van der Waals surface area contributed by atoms with Gasteiger partial charge in [0, 0.05) is 44.4 Å². The van der Waals surface area contributed by atoms with Crippen LogP contribution in [0.3, 0.4) is 0 Å². The summed E-state index contributed by atoms with van der Waals surface area (Å²) in [4.78, 5) is 30.0. The molecular formula is C25H25N3O3. The van der Waals surface area contributed by atoms with Gasteiger partial charge >= 0.3 is 0 Å². The van der Waals surface area contributed by atoms with Crippen molar-refractivity contribution in [3.63, 3.8) is 0 Å². The first-order valence-electron chi connectivity index (χ1n) is 10.4. The first-order valence-corrected chi connectivity index (χ1v) is 10.4. The number of furan rings is 1. The van der Waals surface area contributed by atoms with Crippen LogP contribution in [0.15, 0.2) is 89.2 Å². The predicted octanol–water partition coefficient (Wildman–Crippen LogP) is 3.39. The number of benzene rings is 2. The van der Waals surface area contributed by atoms with Crippen molar-refractivity contribution >= 4 is 17.9 Å². The molecule has 2 aromatic carbocycles. The molecule has 0 radical (unpaired) electrons. The van der Waals surface area contributed by atoms with Crippen LogP contribution in [0.25, 0.3) is 6.08 Å². The maximum atomic E-state index is 13.2. The number of piperazine rings is 1. The number of amides is 2. The normalized spacial score (nSPS) is 15.0. The highest BCUT2D eigenvalue weighted by molar-refractivity contribution is 6.05. The number of rotatable bonds is 6.